The Bertz CT molecular complexity index is 691. The van der Waals surface area contributed by atoms with Gasteiger partial charge in [0.25, 0.3) is 0 Å². The van der Waals surface area contributed by atoms with Gasteiger partial charge in [-0.1, -0.05) is 42.5 Å². The minimum atomic E-state index is -0.373. The monoisotopic (exact) mass is 309 g/mol. The van der Waals surface area contributed by atoms with Crippen LogP contribution in [0, 0.1) is 0 Å². The van der Waals surface area contributed by atoms with Gasteiger partial charge in [-0.3, -0.25) is 4.79 Å². The van der Waals surface area contributed by atoms with E-state index in [1.807, 2.05) is 54.6 Å². The molecule has 4 heteroatoms. The number of β-amino-alcohol motifs (C(OH)–C–C–N with tert-alkyl or cyclic N) is 1. The van der Waals surface area contributed by atoms with E-state index in [1.54, 1.807) is 11.0 Å². The topological polar surface area (TPSA) is 49.8 Å². The molecule has 0 aromatic heterocycles. The Morgan fingerprint density at radius 1 is 1.17 bits per heavy atom. The minimum absolute atomic E-state index is 0.0779. The Labute approximate surface area is 135 Å². The number of benzene rings is 2. The highest BCUT2D eigenvalue weighted by Gasteiger charge is 2.26. The zero-order valence-electron chi connectivity index (χ0n) is 12.8. The molecule has 0 unspecified atom stereocenters. The number of rotatable bonds is 5. The first-order chi connectivity index (χ1) is 11.2. The average molecular weight is 309 g/mol. The van der Waals surface area contributed by atoms with E-state index >= 15 is 0 Å². The first kappa shape index (κ1) is 15.3. The molecule has 1 amide bonds. The third-order valence-electron chi connectivity index (χ3n) is 3.70. The van der Waals surface area contributed by atoms with E-state index in [0.717, 1.165) is 16.9 Å². The van der Waals surface area contributed by atoms with E-state index in [9.17, 15) is 9.90 Å². The van der Waals surface area contributed by atoms with Crippen LogP contribution in [0.4, 0.5) is 0 Å². The minimum Gasteiger partial charge on any atom is -0.489 e. The Kier molecular flexibility index (Phi) is 4.74. The van der Waals surface area contributed by atoms with Gasteiger partial charge in [-0.05, 0) is 29.3 Å². The predicted molar refractivity (Wildman–Crippen MR) is 88.8 cm³/mol. The number of hydrogen-bond acceptors (Lipinski definition) is 3. The summed E-state index contributed by atoms with van der Waals surface area (Å²) in [6.45, 7) is 1.35. The Balaban J connectivity index is 1.57. The molecule has 1 heterocycles. The van der Waals surface area contributed by atoms with Gasteiger partial charge in [-0.15, -0.1) is 0 Å². The normalized spacial score (nSPS) is 14.7. The molecule has 0 saturated carbocycles. The van der Waals surface area contributed by atoms with Crippen LogP contribution in [0.25, 0.3) is 6.08 Å². The number of hydrogen-bond donors (Lipinski definition) is 1. The van der Waals surface area contributed by atoms with Crippen LogP contribution in [0.15, 0.2) is 60.7 Å². The molecule has 1 aliphatic heterocycles. The van der Waals surface area contributed by atoms with Crippen molar-refractivity contribution in [1.29, 1.82) is 0 Å². The summed E-state index contributed by atoms with van der Waals surface area (Å²) in [5.41, 5.74) is 2.02. The molecule has 0 bridgehead atoms. The summed E-state index contributed by atoms with van der Waals surface area (Å²) in [6, 6.07) is 17.6. The molecular formula is C19H19NO3. The van der Waals surface area contributed by atoms with Gasteiger partial charge in [0.15, 0.2) is 0 Å². The molecule has 4 nitrogen and oxygen atoms in total. The van der Waals surface area contributed by atoms with Crippen molar-refractivity contribution in [2.24, 2.45) is 0 Å². The van der Waals surface area contributed by atoms with Gasteiger partial charge in [-0.2, -0.15) is 0 Å². The molecule has 0 radical (unpaired) electrons. The summed E-state index contributed by atoms with van der Waals surface area (Å²) < 4.78 is 5.77. The van der Waals surface area contributed by atoms with Crippen molar-refractivity contribution in [3.8, 4) is 5.75 Å². The molecule has 118 valence electrons. The van der Waals surface area contributed by atoms with E-state index in [-0.39, 0.29) is 12.0 Å². The summed E-state index contributed by atoms with van der Waals surface area (Å²) in [5.74, 6) is 0.689. The largest absolute Gasteiger partial charge is 0.489 e. The lowest BCUT2D eigenvalue weighted by atomic mass is 10.1. The maximum Gasteiger partial charge on any atom is 0.246 e. The molecule has 1 aliphatic rings. The number of carbonyl (C=O) groups excluding carboxylic acids is 1. The summed E-state index contributed by atoms with van der Waals surface area (Å²) in [7, 11) is 0. The van der Waals surface area contributed by atoms with Crippen LogP contribution >= 0.6 is 0 Å². The summed E-state index contributed by atoms with van der Waals surface area (Å²) in [5, 5.41) is 9.21. The fraction of sp³-hybridized carbons (Fsp3) is 0.211. The lowest BCUT2D eigenvalue weighted by Gasteiger charge is -2.34. The van der Waals surface area contributed by atoms with Gasteiger partial charge in [0.05, 0.1) is 6.10 Å². The van der Waals surface area contributed by atoms with Gasteiger partial charge >= 0.3 is 0 Å². The number of amides is 1. The van der Waals surface area contributed by atoms with Gasteiger partial charge in [0.2, 0.25) is 5.91 Å². The summed E-state index contributed by atoms with van der Waals surface area (Å²) in [6.07, 6.45) is 2.92. The highest BCUT2D eigenvalue weighted by Crippen LogP contribution is 2.17. The number of likely N-dealkylation sites (tertiary alicyclic amines) is 1. The Morgan fingerprint density at radius 2 is 1.96 bits per heavy atom. The van der Waals surface area contributed by atoms with Crippen molar-refractivity contribution >= 4 is 12.0 Å². The molecule has 23 heavy (non-hydrogen) atoms. The van der Waals surface area contributed by atoms with Crippen molar-refractivity contribution in [2.45, 2.75) is 12.7 Å². The first-order valence-corrected chi connectivity index (χ1v) is 7.62. The van der Waals surface area contributed by atoms with Crippen molar-refractivity contribution in [3.63, 3.8) is 0 Å². The maximum absolute atomic E-state index is 11.8. The zero-order valence-corrected chi connectivity index (χ0v) is 12.8. The van der Waals surface area contributed by atoms with Crippen LogP contribution in [0.5, 0.6) is 5.75 Å². The van der Waals surface area contributed by atoms with Gasteiger partial charge in [0.1, 0.15) is 12.4 Å². The van der Waals surface area contributed by atoms with Gasteiger partial charge in [0, 0.05) is 19.2 Å². The third kappa shape index (κ3) is 4.20. The van der Waals surface area contributed by atoms with E-state index < -0.39 is 0 Å². The molecule has 3 rings (SSSR count). The molecule has 2 aromatic rings. The number of carbonyl (C=O) groups is 1. The van der Waals surface area contributed by atoms with Crippen LogP contribution in [-0.2, 0) is 11.4 Å². The van der Waals surface area contributed by atoms with Crippen molar-refractivity contribution in [3.05, 3.63) is 71.8 Å². The van der Waals surface area contributed by atoms with Crippen molar-refractivity contribution in [1.82, 2.24) is 4.90 Å². The molecule has 0 spiro atoms. The van der Waals surface area contributed by atoms with Crippen molar-refractivity contribution < 1.29 is 14.6 Å². The van der Waals surface area contributed by atoms with Crippen LogP contribution in [0.3, 0.4) is 0 Å². The van der Waals surface area contributed by atoms with E-state index in [1.165, 1.54) is 6.08 Å². The average Bonchev–Trinajstić information content (AvgIpc) is 2.56. The quantitative estimate of drug-likeness (QED) is 0.863. The zero-order chi connectivity index (χ0) is 16.1. The Morgan fingerprint density at radius 3 is 2.70 bits per heavy atom. The van der Waals surface area contributed by atoms with Crippen LogP contribution in [0.2, 0.25) is 0 Å². The second kappa shape index (κ2) is 7.11. The number of aliphatic hydroxyl groups is 1. The predicted octanol–water partition coefficient (Wildman–Crippen LogP) is 2.48. The van der Waals surface area contributed by atoms with Gasteiger partial charge < -0.3 is 14.7 Å². The highest BCUT2D eigenvalue weighted by atomic mass is 16.5. The molecule has 2 aromatic carbocycles. The number of ether oxygens (including phenoxy) is 1. The fourth-order valence-electron chi connectivity index (χ4n) is 2.36. The molecule has 0 atom stereocenters. The van der Waals surface area contributed by atoms with Gasteiger partial charge in [-0.25, -0.2) is 0 Å². The molecule has 1 N–H and O–H groups in total. The third-order valence-corrected chi connectivity index (χ3v) is 3.70. The second-order valence-electron chi connectivity index (χ2n) is 5.58. The second-order valence-corrected chi connectivity index (χ2v) is 5.58. The smallest absolute Gasteiger partial charge is 0.246 e. The first-order valence-electron chi connectivity index (χ1n) is 7.62. The Hall–Kier alpha value is -2.59. The summed E-state index contributed by atoms with van der Waals surface area (Å²) >= 11 is 0. The van der Waals surface area contributed by atoms with Crippen LogP contribution in [-0.4, -0.2) is 35.1 Å². The van der Waals surface area contributed by atoms with E-state index in [0.29, 0.717) is 19.7 Å². The molecular weight excluding hydrogens is 290 g/mol. The number of nitrogens with zero attached hydrogens (tertiary/aromatic N) is 1. The van der Waals surface area contributed by atoms with Crippen LogP contribution in [0.1, 0.15) is 11.1 Å². The fourth-order valence-corrected chi connectivity index (χ4v) is 2.36. The lowest BCUT2D eigenvalue weighted by Crippen LogP contribution is -2.52. The highest BCUT2D eigenvalue weighted by molar-refractivity contribution is 5.92. The lowest BCUT2D eigenvalue weighted by molar-refractivity contribution is -0.135. The maximum atomic E-state index is 11.8. The standard InChI is InChI=1S/C19H19NO3/c21-17-12-20(13-17)19(22)10-9-15-7-4-8-18(11-15)23-14-16-5-2-1-3-6-16/h1-11,17,21H,12-14H2/b10-9+. The molecule has 1 saturated heterocycles. The van der Waals surface area contributed by atoms with E-state index in [4.69, 9.17) is 4.74 Å². The SMILES string of the molecule is O=C(/C=C/c1cccc(OCc2ccccc2)c1)N1CC(O)C1. The van der Waals surface area contributed by atoms with Crippen molar-refractivity contribution in [2.75, 3.05) is 13.1 Å². The van der Waals surface area contributed by atoms with E-state index in [2.05, 4.69) is 0 Å². The number of aliphatic hydroxyl groups excluding tert-OH is 1. The molecule has 0 aliphatic carbocycles. The van der Waals surface area contributed by atoms with Crippen LogP contribution < -0.4 is 4.74 Å². The molecule has 1 fully saturated rings. The summed E-state index contributed by atoms with van der Waals surface area (Å²) in [4.78, 5) is 13.4.